The molecule has 0 amide bonds. The zero-order valence-corrected chi connectivity index (χ0v) is 54.0. The van der Waals surface area contributed by atoms with Gasteiger partial charge in [-0.2, -0.15) is 0 Å². The van der Waals surface area contributed by atoms with E-state index < -0.39 is 7.12 Å². The zero-order chi connectivity index (χ0) is 62.1. The molecule has 0 unspecified atom stereocenters. The lowest BCUT2D eigenvalue weighted by Gasteiger charge is -2.32. The highest BCUT2D eigenvalue weighted by Gasteiger charge is 2.52. The maximum atomic E-state index is 6.66. The number of rotatable bonds is 9. The summed E-state index contributed by atoms with van der Waals surface area (Å²) in [5, 5.41) is 4.70. The Balaban J connectivity index is 0.000000142. The van der Waals surface area contributed by atoms with Gasteiger partial charge in [0.2, 0.25) is 0 Å². The smallest absolute Gasteiger partial charge is 0.455 e. The monoisotopic (exact) mass is 1360 g/mol. The van der Waals surface area contributed by atoms with Crippen molar-refractivity contribution in [3.63, 3.8) is 0 Å². The van der Waals surface area contributed by atoms with Gasteiger partial charge < -0.3 is 18.7 Å². The normalized spacial score (nSPS) is 13.2. The minimum Gasteiger partial charge on any atom is -0.455 e. The second-order valence-corrected chi connectivity index (χ2v) is 25.6. The number of para-hydroxylation sites is 2. The summed E-state index contributed by atoms with van der Waals surface area (Å²) < 4.78 is 21.6. The molecule has 1 fully saturated rings. The fourth-order valence-corrected chi connectivity index (χ4v) is 12.6. The summed E-state index contributed by atoms with van der Waals surface area (Å²) >= 11 is 5.90. The topological polar surface area (TPSA) is 125 Å². The van der Waals surface area contributed by atoms with Gasteiger partial charge in [-0.05, 0) is 248 Å². The number of nitrogens with zero attached hydrogens (tertiary/aromatic N) is 6. The van der Waals surface area contributed by atoms with Crippen molar-refractivity contribution in [2.24, 2.45) is 0 Å². The van der Waals surface area contributed by atoms with E-state index in [9.17, 15) is 0 Å². The number of aromatic nitrogens is 7. The molecule has 16 rings (SSSR count). The zero-order valence-electron chi connectivity index (χ0n) is 50.2. The van der Waals surface area contributed by atoms with Crippen molar-refractivity contribution in [2.45, 2.75) is 38.9 Å². The first-order valence-corrected chi connectivity index (χ1v) is 31.8. The fourth-order valence-electron chi connectivity index (χ4n) is 11.6. The van der Waals surface area contributed by atoms with Gasteiger partial charge in [0.15, 0.2) is 0 Å². The van der Waals surface area contributed by atoms with Crippen LogP contribution in [0.1, 0.15) is 27.7 Å². The summed E-state index contributed by atoms with van der Waals surface area (Å²) in [6.07, 6.45) is 22.1. The van der Waals surface area contributed by atoms with E-state index in [0.29, 0.717) is 0 Å². The van der Waals surface area contributed by atoms with Crippen LogP contribution in [0.4, 0.5) is 0 Å². The lowest BCUT2D eigenvalue weighted by Crippen LogP contribution is -2.41. The molecule has 0 atom stereocenters. The van der Waals surface area contributed by atoms with E-state index >= 15 is 0 Å². The number of hydrogen-bond donors (Lipinski definition) is 1. The number of benzene rings is 7. The Morgan fingerprint density at radius 2 is 0.791 bits per heavy atom. The summed E-state index contributed by atoms with van der Waals surface area (Å²) in [5.41, 5.74) is 21.5. The molecule has 0 radical (unpaired) electrons. The van der Waals surface area contributed by atoms with E-state index in [1.165, 1.54) is 25.4 Å². The van der Waals surface area contributed by atoms with E-state index in [-0.39, 0.29) is 11.2 Å². The lowest BCUT2D eigenvalue weighted by atomic mass is 9.76. The van der Waals surface area contributed by atoms with Crippen LogP contribution in [0.3, 0.4) is 0 Å². The number of aromatic amines is 1. The number of hydrogen-bond acceptors (Lipinski definition) is 9. The highest BCUT2D eigenvalue weighted by Crippen LogP contribution is 2.42. The number of fused-ring (bicyclic) bond motifs is 6. The molecule has 0 saturated carbocycles. The molecule has 1 N–H and O–H groups in total. The van der Waals surface area contributed by atoms with Gasteiger partial charge in [0.25, 0.3) is 0 Å². The van der Waals surface area contributed by atoms with Crippen LogP contribution in [-0.4, -0.2) is 53.2 Å². The van der Waals surface area contributed by atoms with Gasteiger partial charge in [-0.15, -0.1) is 0 Å². The number of halogens is 2. The molecule has 0 spiro atoms. The summed E-state index contributed by atoms with van der Waals surface area (Å²) in [4.78, 5) is 29.5. The van der Waals surface area contributed by atoms with Crippen LogP contribution >= 0.6 is 38.5 Å². The molecular formula is C78H58BBrIN7O3. The summed E-state index contributed by atoms with van der Waals surface area (Å²) in [6, 6.07) is 69.6. The number of pyridine rings is 6. The standard InChI is InChI=1S/C44H28N4O.C22H23BN2O2.C12H7BrIN/c1-10-40(39-22-37(32-8-4-16-47-27-32)21-38(23-39)33-9-5-17-48-28-33)44-41(11-1)42-24-29(12-13-43(42)49-44)34-18-35(30-6-2-14-45-25-30)20-36(19-34)31-7-3-15-46-26-31;1-21(2)22(3,4)27-23(26-21)20-12-18(16-7-5-9-24-14-16)11-19(13-20)17-8-6-10-25-15-17;13-10-3-1-2-8-9-6-7(14)4-5-11(9)15-12(8)10/h1-28H;5-15H,1-4H3;1-6,15H. The first kappa shape index (κ1) is 58.9. The second-order valence-electron chi connectivity index (χ2n) is 23.5. The molecular weight excluding hydrogens is 1300 g/mol. The Morgan fingerprint density at radius 1 is 0.374 bits per heavy atom. The average molecular weight is 1360 g/mol. The molecule has 7 aromatic carbocycles. The predicted octanol–water partition coefficient (Wildman–Crippen LogP) is 20.0. The largest absolute Gasteiger partial charge is 0.494 e. The Labute approximate surface area is 549 Å². The van der Waals surface area contributed by atoms with Gasteiger partial charge in [0, 0.05) is 137 Å². The van der Waals surface area contributed by atoms with Gasteiger partial charge >= 0.3 is 7.12 Å². The van der Waals surface area contributed by atoms with E-state index in [2.05, 4.69) is 265 Å². The third-order valence-corrected chi connectivity index (χ3v) is 18.3. The van der Waals surface area contributed by atoms with Crippen LogP contribution in [-0.2, 0) is 9.31 Å². The lowest BCUT2D eigenvalue weighted by molar-refractivity contribution is 0.00578. The number of nitrogens with one attached hydrogen (secondary N) is 1. The molecule has 15 aromatic rings. The summed E-state index contributed by atoms with van der Waals surface area (Å²) in [6.45, 7) is 8.28. The molecule has 0 aliphatic carbocycles. The summed E-state index contributed by atoms with van der Waals surface area (Å²) in [5.74, 6) is 0. The van der Waals surface area contributed by atoms with E-state index in [4.69, 9.17) is 13.7 Å². The molecule has 9 heterocycles. The van der Waals surface area contributed by atoms with E-state index in [1.54, 1.807) is 37.2 Å². The van der Waals surface area contributed by atoms with Crippen molar-refractivity contribution in [1.29, 1.82) is 0 Å². The molecule has 91 heavy (non-hydrogen) atoms. The first-order chi connectivity index (χ1) is 44.4. The Bertz CT molecular complexity index is 4910. The maximum absolute atomic E-state index is 6.66. The molecule has 1 saturated heterocycles. The molecule has 8 aromatic heterocycles. The molecule has 440 valence electrons. The third kappa shape index (κ3) is 12.4. The van der Waals surface area contributed by atoms with Crippen molar-refractivity contribution >= 4 is 94.8 Å². The van der Waals surface area contributed by atoms with Gasteiger partial charge in [0.1, 0.15) is 11.2 Å². The molecule has 13 heteroatoms. The van der Waals surface area contributed by atoms with Crippen molar-refractivity contribution in [2.75, 3.05) is 0 Å². The Morgan fingerprint density at radius 3 is 1.24 bits per heavy atom. The maximum Gasteiger partial charge on any atom is 0.494 e. The predicted molar refractivity (Wildman–Crippen MR) is 382 cm³/mol. The van der Waals surface area contributed by atoms with Crippen LogP contribution < -0.4 is 5.46 Å². The number of furan rings is 1. The van der Waals surface area contributed by atoms with Crippen molar-refractivity contribution in [1.82, 2.24) is 34.9 Å². The van der Waals surface area contributed by atoms with Gasteiger partial charge in [-0.3, -0.25) is 29.9 Å². The van der Waals surface area contributed by atoms with E-state index in [0.717, 1.165) is 121 Å². The van der Waals surface area contributed by atoms with Crippen LogP contribution in [0.25, 0.3) is 133 Å². The minimum atomic E-state index is -0.415. The molecule has 1 aliphatic heterocycles. The SMILES string of the molecule is Brc1cccc2c1[nH]c1ccc(I)cc12.CC1(C)OB(c2cc(-c3cccnc3)cc(-c3cccnc3)c2)OC1(C)C.c1cncc(-c2cc(-c3cccnc3)cc(-c3ccc4oc5c(-c6cc(-c7cccnc7)cc(-c7cccnc7)c6)cccc5c4c3)c2)c1. The quantitative estimate of drug-likeness (QED) is 0.111. The molecule has 10 nitrogen and oxygen atoms in total. The van der Waals surface area contributed by atoms with Crippen molar-refractivity contribution < 1.29 is 13.7 Å². The summed E-state index contributed by atoms with van der Waals surface area (Å²) in [7, 11) is -0.415. The van der Waals surface area contributed by atoms with Crippen LogP contribution in [0.5, 0.6) is 0 Å². The fraction of sp³-hybridized carbons (Fsp3) is 0.0769. The van der Waals surface area contributed by atoms with E-state index in [1.807, 2.05) is 73.6 Å². The molecule has 0 bridgehead atoms. The highest BCUT2D eigenvalue weighted by atomic mass is 127. The molecule has 1 aliphatic rings. The first-order valence-electron chi connectivity index (χ1n) is 29.9. The highest BCUT2D eigenvalue weighted by molar-refractivity contribution is 14.1. The minimum absolute atomic E-state index is 0.379. The Kier molecular flexibility index (Phi) is 16.3. The number of H-pyrrole nitrogens is 1. The van der Waals surface area contributed by atoms with Crippen molar-refractivity contribution in [3.8, 4) is 89.0 Å². The average Bonchev–Trinajstić information content (AvgIpc) is 2.02. The van der Waals surface area contributed by atoms with Gasteiger partial charge in [-0.1, -0.05) is 84.9 Å². The van der Waals surface area contributed by atoms with Crippen LogP contribution in [0.15, 0.2) is 283 Å². The second kappa shape index (κ2) is 25.3. The third-order valence-electron chi connectivity index (χ3n) is 17.0. The van der Waals surface area contributed by atoms with Gasteiger partial charge in [0.05, 0.1) is 16.7 Å². The van der Waals surface area contributed by atoms with Crippen LogP contribution in [0, 0.1) is 3.57 Å². The Hall–Kier alpha value is -9.77. The van der Waals surface area contributed by atoms with Crippen molar-refractivity contribution in [3.05, 3.63) is 283 Å². The van der Waals surface area contributed by atoms with Crippen LogP contribution in [0.2, 0.25) is 0 Å². The van der Waals surface area contributed by atoms with Gasteiger partial charge in [-0.25, -0.2) is 0 Å².